The normalized spacial score (nSPS) is 26.8. The van der Waals surface area contributed by atoms with Gasteiger partial charge in [0.2, 0.25) is 5.78 Å². The molecule has 1 aliphatic carbocycles. The summed E-state index contributed by atoms with van der Waals surface area (Å²) >= 11 is 0. The first-order valence-corrected chi connectivity index (χ1v) is 7.11. The van der Waals surface area contributed by atoms with Gasteiger partial charge in [-0.2, -0.15) is 0 Å². The van der Waals surface area contributed by atoms with E-state index in [4.69, 9.17) is 14.2 Å². The number of aromatic hydroxyl groups is 2. The van der Waals surface area contributed by atoms with Gasteiger partial charge in [-0.05, 0) is 13.8 Å². The third-order valence-electron chi connectivity index (χ3n) is 4.04. The van der Waals surface area contributed by atoms with Crippen molar-refractivity contribution in [1.29, 1.82) is 0 Å². The van der Waals surface area contributed by atoms with Gasteiger partial charge in [0.1, 0.15) is 17.5 Å². The zero-order valence-corrected chi connectivity index (χ0v) is 13.7. The second-order valence-corrected chi connectivity index (χ2v) is 5.68. The predicted molar refractivity (Wildman–Crippen MR) is 82.2 cm³/mol. The number of methoxy groups -OCH3 is 2. The molecule has 8 heteroatoms. The summed E-state index contributed by atoms with van der Waals surface area (Å²) in [7, 11) is 2.58. The van der Waals surface area contributed by atoms with Gasteiger partial charge in [0.25, 0.3) is 0 Å². The number of ether oxygens (including phenoxy) is 3. The highest BCUT2D eigenvalue weighted by atomic mass is 16.5. The van der Waals surface area contributed by atoms with Gasteiger partial charge >= 0.3 is 0 Å². The Bertz CT molecular complexity index is 692. The Morgan fingerprint density at radius 3 is 2.25 bits per heavy atom. The van der Waals surface area contributed by atoms with Crippen molar-refractivity contribution in [3.8, 4) is 23.0 Å². The average molecular weight is 340 g/mol. The van der Waals surface area contributed by atoms with E-state index in [0.29, 0.717) is 0 Å². The third-order valence-corrected chi connectivity index (χ3v) is 4.04. The Hall–Kier alpha value is -2.45. The van der Waals surface area contributed by atoms with E-state index < -0.39 is 29.3 Å². The maximum absolute atomic E-state index is 12.2. The molecule has 0 unspecified atom stereocenters. The van der Waals surface area contributed by atoms with Gasteiger partial charge in [-0.3, -0.25) is 4.79 Å². The van der Waals surface area contributed by atoms with Crippen molar-refractivity contribution < 1.29 is 39.4 Å². The lowest BCUT2D eigenvalue weighted by Crippen LogP contribution is -2.59. The summed E-state index contributed by atoms with van der Waals surface area (Å²) in [6.45, 7) is 2.65. The van der Waals surface area contributed by atoms with Crippen molar-refractivity contribution in [2.45, 2.75) is 31.7 Å². The number of aliphatic hydroxyl groups is 2. The number of hydrogen-bond donors (Lipinski definition) is 4. The molecule has 1 aliphatic rings. The summed E-state index contributed by atoms with van der Waals surface area (Å²) in [6, 6.07) is 1.18. The van der Waals surface area contributed by atoms with E-state index in [0.717, 1.165) is 6.08 Å². The van der Waals surface area contributed by atoms with Crippen molar-refractivity contribution in [1.82, 2.24) is 0 Å². The molecule has 132 valence electrons. The minimum Gasteiger partial charge on any atom is -0.504 e. The molecule has 4 N–H and O–H groups in total. The fourth-order valence-corrected chi connectivity index (χ4v) is 2.47. The predicted octanol–water partition coefficient (Wildman–Crippen LogP) is 0.387. The van der Waals surface area contributed by atoms with Gasteiger partial charge < -0.3 is 34.6 Å². The van der Waals surface area contributed by atoms with Crippen molar-refractivity contribution >= 4 is 5.78 Å². The van der Waals surface area contributed by atoms with Gasteiger partial charge in [-0.25, -0.2) is 0 Å². The first kappa shape index (κ1) is 17.9. The van der Waals surface area contributed by atoms with Crippen LogP contribution in [0.25, 0.3) is 0 Å². The van der Waals surface area contributed by atoms with Crippen molar-refractivity contribution in [2.75, 3.05) is 14.2 Å². The Labute approximate surface area is 138 Å². The molecule has 0 aromatic heterocycles. The highest BCUT2D eigenvalue weighted by molar-refractivity contribution is 5.96. The summed E-state index contributed by atoms with van der Waals surface area (Å²) < 4.78 is 15.3. The van der Waals surface area contributed by atoms with E-state index in [9.17, 15) is 25.2 Å². The van der Waals surface area contributed by atoms with E-state index in [1.807, 2.05) is 0 Å². The van der Waals surface area contributed by atoms with Crippen molar-refractivity contribution in [2.24, 2.45) is 0 Å². The fourth-order valence-electron chi connectivity index (χ4n) is 2.47. The largest absolute Gasteiger partial charge is 0.504 e. The van der Waals surface area contributed by atoms with Crippen LogP contribution >= 0.6 is 0 Å². The van der Waals surface area contributed by atoms with Gasteiger partial charge in [-0.15, -0.1) is 0 Å². The van der Waals surface area contributed by atoms with Crippen LogP contribution in [-0.2, 0) is 9.53 Å². The molecule has 0 radical (unpaired) electrons. The van der Waals surface area contributed by atoms with Crippen LogP contribution in [-0.4, -0.2) is 58.2 Å². The van der Waals surface area contributed by atoms with Crippen LogP contribution in [0.1, 0.15) is 12.5 Å². The van der Waals surface area contributed by atoms with E-state index >= 15 is 0 Å². The second kappa shape index (κ2) is 6.21. The quantitative estimate of drug-likeness (QED) is 0.620. The number of aliphatic hydroxyl groups excluding tert-OH is 1. The zero-order valence-electron chi connectivity index (χ0n) is 13.7. The fraction of sp³-hybridized carbons (Fsp3) is 0.438. The van der Waals surface area contributed by atoms with E-state index in [1.54, 1.807) is 0 Å². The standard InChI is InChI=1S/C16H20O8/c1-7-12(18)9(22-3)6-10(13(7)19)24-15-8(17)5-11(23-4)14(20)16(15,2)21/h5-6,14-15,18-21H,1-4H3/t14-,15-,16-/m0/s1. The maximum atomic E-state index is 12.2. The lowest BCUT2D eigenvalue weighted by atomic mass is 9.83. The number of hydrogen-bond acceptors (Lipinski definition) is 8. The van der Waals surface area contributed by atoms with Crippen LogP contribution in [0.2, 0.25) is 0 Å². The molecule has 1 aromatic rings. The minimum absolute atomic E-state index is 0.0249. The Morgan fingerprint density at radius 1 is 1.12 bits per heavy atom. The average Bonchev–Trinajstić information content (AvgIpc) is 2.54. The number of rotatable bonds is 4. The van der Waals surface area contributed by atoms with E-state index in [-0.39, 0.29) is 28.6 Å². The monoisotopic (exact) mass is 340 g/mol. The van der Waals surface area contributed by atoms with Crippen LogP contribution in [0.15, 0.2) is 17.9 Å². The summed E-state index contributed by atoms with van der Waals surface area (Å²) in [4.78, 5) is 12.2. The molecule has 0 aliphatic heterocycles. The molecule has 1 aromatic carbocycles. The molecule has 0 saturated carbocycles. The highest BCUT2D eigenvalue weighted by Gasteiger charge is 2.50. The lowest BCUT2D eigenvalue weighted by Gasteiger charge is -2.38. The van der Waals surface area contributed by atoms with Crippen LogP contribution in [0, 0.1) is 6.92 Å². The summed E-state index contributed by atoms with van der Waals surface area (Å²) in [6.07, 6.45) is -1.96. The summed E-state index contributed by atoms with van der Waals surface area (Å²) in [5, 5.41) is 40.6. The van der Waals surface area contributed by atoms with Gasteiger partial charge in [0, 0.05) is 17.7 Å². The number of carbonyl (C=O) groups is 1. The number of ketones is 1. The van der Waals surface area contributed by atoms with E-state index in [1.165, 1.54) is 34.1 Å². The minimum atomic E-state index is -2.00. The maximum Gasteiger partial charge on any atom is 0.202 e. The molecule has 0 fully saturated rings. The molecule has 0 spiro atoms. The van der Waals surface area contributed by atoms with Gasteiger partial charge in [-0.1, -0.05) is 0 Å². The smallest absolute Gasteiger partial charge is 0.202 e. The lowest BCUT2D eigenvalue weighted by molar-refractivity contribution is -0.155. The SMILES string of the molecule is COC1=CC(=O)[C@H](Oc2cc(OC)c(O)c(C)c2O)[C@@](C)(O)[C@H]1O. The van der Waals surface area contributed by atoms with Crippen molar-refractivity contribution in [3.05, 3.63) is 23.5 Å². The zero-order chi connectivity index (χ0) is 18.2. The topological polar surface area (TPSA) is 126 Å². The summed E-state index contributed by atoms with van der Waals surface area (Å²) in [5.41, 5.74) is -1.91. The molecule has 0 saturated heterocycles. The molecule has 0 bridgehead atoms. The molecule has 0 amide bonds. The number of phenolic OH excluding ortho intramolecular Hbond substituents is 2. The van der Waals surface area contributed by atoms with E-state index in [2.05, 4.69) is 0 Å². The second-order valence-electron chi connectivity index (χ2n) is 5.68. The molecule has 0 heterocycles. The molecule has 8 nitrogen and oxygen atoms in total. The molecular weight excluding hydrogens is 320 g/mol. The van der Waals surface area contributed by atoms with Crippen LogP contribution in [0.3, 0.4) is 0 Å². The molecular formula is C16H20O8. The molecule has 3 atom stereocenters. The Morgan fingerprint density at radius 2 is 1.71 bits per heavy atom. The number of benzene rings is 1. The van der Waals surface area contributed by atoms with Crippen LogP contribution < -0.4 is 9.47 Å². The highest BCUT2D eigenvalue weighted by Crippen LogP contribution is 2.44. The van der Waals surface area contributed by atoms with Crippen LogP contribution in [0.4, 0.5) is 0 Å². The molecule has 2 rings (SSSR count). The summed E-state index contributed by atoms with van der Waals surface area (Å²) in [5.74, 6) is -1.57. The van der Waals surface area contributed by atoms with Gasteiger partial charge in [0.05, 0.1) is 14.2 Å². The first-order chi connectivity index (χ1) is 11.1. The van der Waals surface area contributed by atoms with Crippen molar-refractivity contribution in [3.63, 3.8) is 0 Å². The number of phenols is 2. The third kappa shape index (κ3) is 2.74. The molecule has 24 heavy (non-hydrogen) atoms. The first-order valence-electron chi connectivity index (χ1n) is 7.11. The number of carbonyl (C=O) groups excluding carboxylic acids is 1. The van der Waals surface area contributed by atoms with Crippen LogP contribution in [0.5, 0.6) is 23.0 Å². The Balaban J connectivity index is 2.46. The van der Waals surface area contributed by atoms with Gasteiger partial charge in [0.15, 0.2) is 29.1 Å². The Kier molecular flexibility index (Phi) is 4.63.